The number of hydrogen-bond donors (Lipinski definition) is 9. The lowest BCUT2D eigenvalue weighted by molar-refractivity contribution is -0.142. The van der Waals surface area contributed by atoms with Crippen molar-refractivity contribution in [1.82, 2.24) is 25.9 Å². The van der Waals surface area contributed by atoms with Crippen molar-refractivity contribution < 1.29 is 24.3 Å². The van der Waals surface area contributed by atoms with Gasteiger partial charge in [-0.2, -0.15) is 12.6 Å². The fourth-order valence-electron chi connectivity index (χ4n) is 3.11. The van der Waals surface area contributed by atoms with Crippen LogP contribution in [0.4, 0.5) is 0 Å². The van der Waals surface area contributed by atoms with E-state index in [9.17, 15) is 24.3 Å². The van der Waals surface area contributed by atoms with Gasteiger partial charge in [0.15, 0.2) is 5.96 Å². The van der Waals surface area contributed by atoms with Crippen molar-refractivity contribution in [2.45, 2.75) is 63.7 Å². The van der Waals surface area contributed by atoms with E-state index in [4.69, 9.17) is 17.2 Å². The first-order valence-electron chi connectivity index (χ1n) is 11.5. The van der Waals surface area contributed by atoms with Crippen LogP contribution in [0.15, 0.2) is 17.5 Å². The first-order chi connectivity index (χ1) is 17.0. The zero-order chi connectivity index (χ0) is 27.3. The molecule has 3 amide bonds. The molecule has 36 heavy (non-hydrogen) atoms. The normalized spacial score (nSPS) is 15.0. The molecule has 1 aromatic rings. The highest BCUT2D eigenvalue weighted by molar-refractivity contribution is 7.80. The molecule has 0 fully saturated rings. The number of rotatable bonds is 16. The predicted molar refractivity (Wildman–Crippen MR) is 137 cm³/mol. The number of guanidine groups is 1. The van der Waals surface area contributed by atoms with Crippen molar-refractivity contribution in [3.63, 3.8) is 0 Å². The van der Waals surface area contributed by atoms with Crippen LogP contribution in [0.2, 0.25) is 0 Å². The van der Waals surface area contributed by atoms with Crippen LogP contribution >= 0.6 is 12.6 Å². The van der Waals surface area contributed by atoms with Gasteiger partial charge < -0.3 is 43.2 Å². The minimum Gasteiger partial charge on any atom is -0.480 e. The summed E-state index contributed by atoms with van der Waals surface area (Å²) in [6.45, 7) is 3.94. The second-order valence-corrected chi connectivity index (χ2v) is 8.71. The summed E-state index contributed by atoms with van der Waals surface area (Å²) in [5, 5.41) is 17.0. The van der Waals surface area contributed by atoms with Gasteiger partial charge in [-0.1, -0.05) is 20.3 Å². The lowest BCUT2D eigenvalue weighted by atomic mass is 9.98. The van der Waals surface area contributed by atoms with Crippen LogP contribution in [0, 0.1) is 5.92 Å². The van der Waals surface area contributed by atoms with Crippen molar-refractivity contribution in [3.8, 4) is 0 Å². The molecule has 1 aromatic heterocycles. The van der Waals surface area contributed by atoms with Gasteiger partial charge in [-0.3, -0.25) is 19.4 Å². The maximum Gasteiger partial charge on any atom is 0.326 e. The molecule has 15 heteroatoms. The number of amides is 3. The van der Waals surface area contributed by atoms with Gasteiger partial charge in [0, 0.05) is 30.6 Å². The molecule has 0 radical (unpaired) electrons. The minimum atomic E-state index is -1.26. The molecule has 0 aliphatic heterocycles. The van der Waals surface area contributed by atoms with Gasteiger partial charge in [0.25, 0.3) is 0 Å². The number of aromatic nitrogens is 2. The maximum atomic E-state index is 13.0. The molecular formula is C21H37N9O5S. The van der Waals surface area contributed by atoms with Crippen molar-refractivity contribution in [3.05, 3.63) is 18.2 Å². The van der Waals surface area contributed by atoms with Crippen molar-refractivity contribution in [1.29, 1.82) is 0 Å². The van der Waals surface area contributed by atoms with Crippen LogP contribution < -0.4 is 33.2 Å². The van der Waals surface area contributed by atoms with Crippen molar-refractivity contribution in [2.75, 3.05) is 12.3 Å². The first kappa shape index (κ1) is 30.7. The number of aromatic amines is 1. The Balaban J connectivity index is 2.90. The predicted octanol–water partition coefficient (Wildman–Crippen LogP) is -2.15. The molecule has 0 aliphatic rings. The Morgan fingerprint density at radius 3 is 2.25 bits per heavy atom. The molecule has 5 atom stereocenters. The number of carbonyl (C=O) groups excluding carboxylic acids is 3. The maximum absolute atomic E-state index is 13.0. The van der Waals surface area contributed by atoms with E-state index in [0.29, 0.717) is 18.5 Å². The minimum absolute atomic E-state index is 0.0364. The molecule has 0 spiro atoms. The number of nitrogens with two attached hydrogens (primary N) is 3. The Morgan fingerprint density at radius 2 is 1.72 bits per heavy atom. The number of nitrogens with zero attached hydrogens (tertiary/aromatic N) is 2. The summed E-state index contributed by atoms with van der Waals surface area (Å²) < 4.78 is 0. The zero-order valence-corrected chi connectivity index (χ0v) is 21.3. The number of H-pyrrole nitrogens is 1. The summed E-state index contributed by atoms with van der Waals surface area (Å²) >= 11 is 4.12. The number of thiol groups is 1. The lowest BCUT2D eigenvalue weighted by Gasteiger charge is -2.25. The highest BCUT2D eigenvalue weighted by atomic mass is 32.1. The van der Waals surface area contributed by atoms with Gasteiger partial charge in [0.2, 0.25) is 17.7 Å². The third-order valence-electron chi connectivity index (χ3n) is 5.55. The lowest BCUT2D eigenvalue weighted by Crippen LogP contribution is -2.58. The summed E-state index contributed by atoms with van der Waals surface area (Å²) in [7, 11) is 0. The number of imidazole rings is 1. The SMILES string of the molecule is CCC(C)C(N)C(=O)NC(CCCN=C(N)N)C(=O)NC(CS)C(=O)NC(Cc1cnc[nH]1)C(=O)O. The van der Waals surface area contributed by atoms with E-state index < -0.39 is 47.9 Å². The second-order valence-electron chi connectivity index (χ2n) is 8.35. The van der Waals surface area contributed by atoms with Crippen molar-refractivity contribution in [2.24, 2.45) is 28.1 Å². The fourth-order valence-corrected chi connectivity index (χ4v) is 3.36. The van der Waals surface area contributed by atoms with E-state index in [1.54, 1.807) is 0 Å². The van der Waals surface area contributed by atoms with Crippen LogP contribution in [-0.2, 0) is 25.6 Å². The van der Waals surface area contributed by atoms with Gasteiger partial charge in [-0.15, -0.1) is 0 Å². The number of carboxylic acid groups (broad SMARTS) is 1. The zero-order valence-electron chi connectivity index (χ0n) is 20.4. The number of aliphatic imine (C=N–C) groups is 1. The van der Waals surface area contributed by atoms with Crippen LogP contribution in [-0.4, -0.2) is 81.2 Å². The molecule has 1 heterocycles. The standard InChI is InChI=1S/C21H37N9O5S/c1-3-11(2)16(22)19(33)28-13(5-4-6-26-21(23)24)17(31)30-15(9-36)18(32)29-14(20(34)35)7-12-8-25-10-27-12/h8,10-11,13-16,36H,3-7,9,22H2,1-2H3,(H,25,27)(H,28,33)(H,29,32)(H,30,31)(H,34,35)(H4,23,24,26). The van der Waals surface area contributed by atoms with Crippen LogP contribution in [0.3, 0.4) is 0 Å². The van der Waals surface area contributed by atoms with Crippen LogP contribution in [0.1, 0.15) is 38.8 Å². The molecule has 0 aromatic carbocycles. The largest absolute Gasteiger partial charge is 0.480 e. The van der Waals surface area contributed by atoms with Crippen LogP contribution in [0.25, 0.3) is 0 Å². The molecule has 0 aliphatic carbocycles. The summed E-state index contributed by atoms with van der Waals surface area (Å²) in [5.41, 5.74) is 17.1. The number of aliphatic carboxylic acids is 1. The molecule has 0 saturated carbocycles. The summed E-state index contributed by atoms with van der Waals surface area (Å²) in [4.78, 5) is 60.5. The summed E-state index contributed by atoms with van der Waals surface area (Å²) in [5.74, 6) is -3.50. The average Bonchev–Trinajstić information content (AvgIpc) is 3.35. The number of nitrogens with one attached hydrogen (secondary N) is 4. The second kappa shape index (κ2) is 15.6. The Bertz CT molecular complexity index is 892. The Labute approximate surface area is 215 Å². The molecule has 5 unspecified atom stereocenters. The topological polar surface area (TPSA) is 244 Å². The Hall–Kier alpha value is -3.33. The van der Waals surface area contributed by atoms with E-state index in [0.717, 1.165) is 0 Å². The first-order valence-corrected chi connectivity index (χ1v) is 12.2. The van der Waals surface area contributed by atoms with Gasteiger partial charge in [-0.25, -0.2) is 9.78 Å². The highest BCUT2D eigenvalue weighted by Gasteiger charge is 2.30. The number of carboxylic acids is 1. The molecule has 11 N–H and O–H groups in total. The van der Waals surface area contributed by atoms with E-state index in [2.05, 4.69) is 43.5 Å². The van der Waals surface area contributed by atoms with Gasteiger partial charge in [-0.05, 0) is 18.8 Å². The molecule has 0 saturated heterocycles. The summed E-state index contributed by atoms with van der Waals surface area (Å²) in [6.07, 6.45) is 3.99. The quantitative estimate of drug-likeness (QED) is 0.0491. The molecule has 202 valence electrons. The molecule has 1 rings (SSSR count). The van der Waals surface area contributed by atoms with E-state index >= 15 is 0 Å². The third-order valence-corrected chi connectivity index (χ3v) is 5.91. The van der Waals surface area contributed by atoms with E-state index in [1.165, 1.54) is 12.5 Å². The third kappa shape index (κ3) is 10.5. The summed E-state index contributed by atoms with van der Waals surface area (Å²) in [6, 6.07) is -4.28. The number of hydrogen-bond acceptors (Lipinski definition) is 8. The Morgan fingerprint density at radius 1 is 1.11 bits per heavy atom. The van der Waals surface area contributed by atoms with E-state index in [1.807, 2.05) is 13.8 Å². The van der Waals surface area contributed by atoms with E-state index in [-0.39, 0.29) is 37.0 Å². The van der Waals surface area contributed by atoms with Crippen LogP contribution in [0.5, 0.6) is 0 Å². The van der Waals surface area contributed by atoms with Gasteiger partial charge >= 0.3 is 5.97 Å². The molecule has 14 nitrogen and oxygen atoms in total. The smallest absolute Gasteiger partial charge is 0.326 e. The monoisotopic (exact) mass is 527 g/mol. The highest BCUT2D eigenvalue weighted by Crippen LogP contribution is 2.08. The molecular weight excluding hydrogens is 490 g/mol. The average molecular weight is 528 g/mol. The van der Waals surface area contributed by atoms with Gasteiger partial charge in [0.05, 0.1) is 12.4 Å². The number of carbonyl (C=O) groups is 4. The molecule has 0 bridgehead atoms. The van der Waals surface area contributed by atoms with Crippen molar-refractivity contribution >= 4 is 42.3 Å². The fraction of sp³-hybridized carbons (Fsp3) is 0.619. The van der Waals surface area contributed by atoms with Gasteiger partial charge in [0.1, 0.15) is 18.1 Å². The Kier molecular flexibility index (Phi) is 13.3.